The zero-order valence-electron chi connectivity index (χ0n) is 13.7. The zero-order chi connectivity index (χ0) is 18.3. The van der Waals surface area contributed by atoms with Crippen molar-refractivity contribution in [2.24, 2.45) is 5.92 Å². The number of hydrogen-bond acceptors (Lipinski definition) is 4. The van der Waals surface area contributed by atoms with Crippen LogP contribution in [-0.4, -0.2) is 37.5 Å². The van der Waals surface area contributed by atoms with Crippen molar-refractivity contribution < 1.29 is 23.5 Å². The van der Waals surface area contributed by atoms with Gasteiger partial charge in [0.05, 0.1) is 17.7 Å². The second kappa shape index (κ2) is 9.22. The first-order valence-corrected chi connectivity index (χ1v) is 7.74. The summed E-state index contributed by atoms with van der Waals surface area (Å²) in [4.78, 5) is 35.4. The maximum Gasteiger partial charge on any atom is 0.328 e. The van der Waals surface area contributed by atoms with Crippen LogP contribution in [0.25, 0.3) is 0 Å². The Morgan fingerprint density at radius 2 is 1.96 bits per heavy atom. The number of methoxy groups -OCH3 is 1. The van der Waals surface area contributed by atoms with Gasteiger partial charge in [-0.15, -0.1) is 0 Å². The largest absolute Gasteiger partial charge is 0.467 e. The van der Waals surface area contributed by atoms with E-state index in [4.69, 9.17) is 11.6 Å². The molecule has 0 aliphatic carbocycles. The summed E-state index contributed by atoms with van der Waals surface area (Å²) in [5.74, 6) is -2.11. The molecule has 1 atom stereocenters. The average molecular weight is 359 g/mol. The molecule has 0 fully saturated rings. The molecule has 2 N–H and O–H groups in total. The first kappa shape index (κ1) is 19.9. The number of carbonyl (C=O) groups is 3. The molecule has 24 heavy (non-hydrogen) atoms. The Hall–Kier alpha value is -2.15. The van der Waals surface area contributed by atoms with Gasteiger partial charge in [-0.2, -0.15) is 0 Å². The number of nitrogens with one attached hydrogen (secondary N) is 2. The highest BCUT2D eigenvalue weighted by Crippen LogP contribution is 2.16. The summed E-state index contributed by atoms with van der Waals surface area (Å²) >= 11 is 5.79. The maximum atomic E-state index is 12.9. The second-order valence-corrected chi connectivity index (χ2v) is 5.85. The molecule has 0 saturated heterocycles. The zero-order valence-corrected chi connectivity index (χ0v) is 14.4. The Morgan fingerprint density at radius 1 is 1.29 bits per heavy atom. The number of amides is 2. The number of rotatable bonds is 7. The lowest BCUT2D eigenvalue weighted by atomic mass is 10.0. The van der Waals surface area contributed by atoms with Crippen LogP contribution in [0.5, 0.6) is 0 Å². The molecule has 0 saturated carbocycles. The van der Waals surface area contributed by atoms with Crippen molar-refractivity contribution >= 4 is 29.4 Å². The predicted molar refractivity (Wildman–Crippen MR) is 87.1 cm³/mol. The number of carbonyl (C=O) groups excluding carboxylic acids is 3. The predicted octanol–water partition coefficient (Wildman–Crippen LogP) is 1.91. The summed E-state index contributed by atoms with van der Waals surface area (Å²) in [6.07, 6.45) is -0.0230. The number of benzene rings is 1. The third kappa shape index (κ3) is 5.81. The second-order valence-electron chi connectivity index (χ2n) is 5.44. The minimum absolute atomic E-state index is 0.0116. The third-order valence-electron chi connectivity index (χ3n) is 3.25. The van der Waals surface area contributed by atoms with E-state index in [1.54, 1.807) is 13.8 Å². The molecule has 1 aromatic rings. The van der Waals surface area contributed by atoms with Crippen LogP contribution in [0.4, 0.5) is 4.39 Å². The number of halogens is 2. The van der Waals surface area contributed by atoms with E-state index in [1.165, 1.54) is 13.2 Å². The molecule has 0 aliphatic heterocycles. The first-order chi connectivity index (χ1) is 11.3. The van der Waals surface area contributed by atoms with Crippen LogP contribution in [0.15, 0.2) is 18.2 Å². The molecule has 2 amide bonds. The third-order valence-corrected chi connectivity index (χ3v) is 3.56. The standard InChI is InChI=1S/C16H20ClFN2O4/c1-9(2)14(16(23)24-3)20-13(21)6-7-19-15(22)11-5-4-10(18)8-12(11)17/h4-5,8-9,14H,6-7H2,1-3H3,(H,19,22)(H,20,21)/t14-/m0/s1. The van der Waals surface area contributed by atoms with Crippen LogP contribution in [0.3, 0.4) is 0 Å². The van der Waals surface area contributed by atoms with Crippen molar-refractivity contribution in [3.63, 3.8) is 0 Å². The van der Waals surface area contributed by atoms with Gasteiger partial charge < -0.3 is 15.4 Å². The molecule has 132 valence electrons. The fourth-order valence-corrected chi connectivity index (χ4v) is 2.18. The molecule has 0 heterocycles. The number of ether oxygens (including phenoxy) is 1. The maximum absolute atomic E-state index is 12.9. The van der Waals surface area contributed by atoms with E-state index in [0.29, 0.717) is 0 Å². The van der Waals surface area contributed by atoms with Crippen molar-refractivity contribution in [2.45, 2.75) is 26.3 Å². The van der Waals surface area contributed by atoms with Crippen molar-refractivity contribution in [1.29, 1.82) is 0 Å². The topological polar surface area (TPSA) is 84.5 Å². The van der Waals surface area contributed by atoms with Crippen LogP contribution in [0.2, 0.25) is 5.02 Å². The summed E-state index contributed by atoms with van der Waals surface area (Å²) in [6, 6.07) is 2.67. The molecule has 0 aromatic heterocycles. The van der Waals surface area contributed by atoms with E-state index >= 15 is 0 Å². The van der Waals surface area contributed by atoms with Gasteiger partial charge in [0, 0.05) is 13.0 Å². The SMILES string of the molecule is COC(=O)[C@@H](NC(=O)CCNC(=O)c1ccc(F)cc1Cl)C(C)C. The summed E-state index contributed by atoms with van der Waals surface area (Å²) in [7, 11) is 1.25. The van der Waals surface area contributed by atoms with Crippen molar-refractivity contribution in [3.8, 4) is 0 Å². The quantitative estimate of drug-likeness (QED) is 0.729. The molecule has 1 aromatic carbocycles. The molecule has 0 bridgehead atoms. The van der Waals surface area contributed by atoms with E-state index in [0.717, 1.165) is 12.1 Å². The highest BCUT2D eigenvalue weighted by atomic mass is 35.5. The van der Waals surface area contributed by atoms with E-state index < -0.39 is 29.6 Å². The highest BCUT2D eigenvalue weighted by Gasteiger charge is 2.24. The monoisotopic (exact) mass is 358 g/mol. The fraction of sp³-hybridized carbons (Fsp3) is 0.438. The van der Waals surface area contributed by atoms with Gasteiger partial charge in [0.25, 0.3) is 5.91 Å². The molecule has 8 heteroatoms. The van der Waals surface area contributed by atoms with Crippen molar-refractivity contribution in [3.05, 3.63) is 34.6 Å². The lowest BCUT2D eigenvalue weighted by molar-refractivity contribution is -0.146. The smallest absolute Gasteiger partial charge is 0.328 e. The minimum atomic E-state index is -0.746. The van der Waals surface area contributed by atoms with Gasteiger partial charge in [-0.05, 0) is 24.1 Å². The van der Waals surface area contributed by atoms with Crippen LogP contribution >= 0.6 is 11.6 Å². The summed E-state index contributed by atoms with van der Waals surface area (Å²) in [5, 5.41) is 5.06. The Kier molecular flexibility index (Phi) is 7.64. The van der Waals surface area contributed by atoms with E-state index in [-0.39, 0.29) is 29.5 Å². The van der Waals surface area contributed by atoms with Gasteiger partial charge in [0.2, 0.25) is 5.91 Å². The first-order valence-electron chi connectivity index (χ1n) is 7.36. The summed E-state index contributed by atoms with van der Waals surface area (Å²) in [5.41, 5.74) is 0.119. The average Bonchev–Trinajstić information content (AvgIpc) is 2.51. The van der Waals surface area contributed by atoms with Gasteiger partial charge >= 0.3 is 5.97 Å². The Morgan fingerprint density at radius 3 is 2.50 bits per heavy atom. The Balaban J connectivity index is 2.50. The van der Waals surface area contributed by atoms with Crippen molar-refractivity contribution in [2.75, 3.05) is 13.7 Å². The van der Waals surface area contributed by atoms with Gasteiger partial charge in [-0.25, -0.2) is 9.18 Å². The highest BCUT2D eigenvalue weighted by molar-refractivity contribution is 6.33. The van der Waals surface area contributed by atoms with Gasteiger partial charge in [-0.1, -0.05) is 25.4 Å². The van der Waals surface area contributed by atoms with Crippen LogP contribution in [0, 0.1) is 11.7 Å². The van der Waals surface area contributed by atoms with Crippen molar-refractivity contribution in [1.82, 2.24) is 10.6 Å². The van der Waals surface area contributed by atoms with Crippen LogP contribution in [-0.2, 0) is 14.3 Å². The van der Waals surface area contributed by atoms with Crippen LogP contribution < -0.4 is 10.6 Å². The van der Waals surface area contributed by atoms with E-state index in [9.17, 15) is 18.8 Å². The lowest BCUT2D eigenvalue weighted by Crippen LogP contribution is -2.45. The number of esters is 1. The van der Waals surface area contributed by atoms with Gasteiger partial charge in [0.1, 0.15) is 11.9 Å². The molecule has 1 rings (SSSR count). The Labute approximate surface area is 144 Å². The van der Waals surface area contributed by atoms with E-state index in [2.05, 4.69) is 15.4 Å². The van der Waals surface area contributed by atoms with Gasteiger partial charge in [0.15, 0.2) is 0 Å². The van der Waals surface area contributed by atoms with Gasteiger partial charge in [-0.3, -0.25) is 9.59 Å². The minimum Gasteiger partial charge on any atom is -0.467 e. The Bertz CT molecular complexity index is 622. The molecular formula is C16H20ClFN2O4. The molecule has 0 spiro atoms. The molecular weight excluding hydrogens is 339 g/mol. The summed E-state index contributed by atoms with van der Waals surface area (Å²) < 4.78 is 17.6. The molecule has 0 aliphatic rings. The molecule has 0 radical (unpaired) electrons. The molecule has 6 nitrogen and oxygen atoms in total. The van der Waals surface area contributed by atoms with Crippen LogP contribution in [0.1, 0.15) is 30.6 Å². The molecule has 0 unspecified atom stereocenters. The lowest BCUT2D eigenvalue weighted by Gasteiger charge is -2.19. The number of hydrogen-bond donors (Lipinski definition) is 2. The normalized spacial score (nSPS) is 11.8. The fourth-order valence-electron chi connectivity index (χ4n) is 1.93. The van der Waals surface area contributed by atoms with E-state index in [1.807, 2.05) is 0 Å². The summed E-state index contributed by atoms with van der Waals surface area (Å²) in [6.45, 7) is 3.60.